The van der Waals surface area contributed by atoms with E-state index in [1.807, 2.05) is 24.3 Å². The number of methoxy groups -OCH3 is 1. The molecule has 0 saturated heterocycles. The van der Waals surface area contributed by atoms with Crippen molar-refractivity contribution in [1.82, 2.24) is 4.98 Å². The topological polar surface area (TPSA) is 61.6 Å². The van der Waals surface area contributed by atoms with Crippen LogP contribution in [0.1, 0.15) is 17.3 Å². The maximum absolute atomic E-state index is 11.4. The molecule has 21 heavy (non-hydrogen) atoms. The Balaban J connectivity index is 1.95. The van der Waals surface area contributed by atoms with Gasteiger partial charge in [0.1, 0.15) is 5.52 Å². The van der Waals surface area contributed by atoms with E-state index in [-0.39, 0.29) is 11.9 Å². The molecular formula is C16H13NO4. The lowest BCUT2D eigenvalue weighted by molar-refractivity contribution is 0.101. The van der Waals surface area contributed by atoms with Crippen molar-refractivity contribution in [3.05, 3.63) is 48.0 Å². The molecule has 0 N–H and O–H groups in total. The summed E-state index contributed by atoms with van der Waals surface area (Å²) in [6.45, 7) is 1.50. The molecule has 106 valence electrons. The van der Waals surface area contributed by atoms with Crippen LogP contribution in [0.3, 0.4) is 0 Å². The smallest absolute Gasteiger partial charge is 0.400 e. The van der Waals surface area contributed by atoms with Crippen molar-refractivity contribution in [2.75, 3.05) is 7.11 Å². The first-order valence-electron chi connectivity index (χ1n) is 6.40. The second kappa shape index (κ2) is 5.28. The van der Waals surface area contributed by atoms with Crippen LogP contribution < -0.4 is 9.47 Å². The average molecular weight is 283 g/mol. The zero-order chi connectivity index (χ0) is 14.8. The average Bonchev–Trinajstić information content (AvgIpc) is 2.89. The van der Waals surface area contributed by atoms with Gasteiger partial charge in [-0.3, -0.25) is 4.79 Å². The van der Waals surface area contributed by atoms with Crippen LogP contribution >= 0.6 is 0 Å². The molecule has 0 radical (unpaired) electrons. The number of hydrogen-bond acceptors (Lipinski definition) is 5. The Morgan fingerprint density at radius 3 is 2.67 bits per heavy atom. The normalized spacial score (nSPS) is 10.6. The number of ether oxygens (including phenoxy) is 2. The van der Waals surface area contributed by atoms with Gasteiger partial charge in [-0.25, -0.2) is 0 Å². The fraction of sp³-hybridized carbons (Fsp3) is 0.125. The maximum Gasteiger partial charge on any atom is 0.400 e. The molecule has 0 amide bonds. The van der Waals surface area contributed by atoms with Crippen LogP contribution in [0.2, 0.25) is 0 Å². The molecule has 0 bridgehead atoms. The molecule has 0 atom stereocenters. The molecule has 0 aliphatic carbocycles. The highest BCUT2D eigenvalue weighted by molar-refractivity contribution is 5.94. The Morgan fingerprint density at radius 2 is 1.95 bits per heavy atom. The molecule has 0 unspecified atom stereocenters. The van der Waals surface area contributed by atoms with Crippen LogP contribution in [0.5, 0.6) is 17.6 Å². The van der Waals surface area contributed by atoms with E-state index in [1.54, 1.807) is 18.2 Å². The van der Waals surface area contributed by atoms with Crippen LogP contribution in [-0.2, 0) is 0 Å². The van der Waals surface area contributed by atoms with Gasteiger partial charge in [0.25, 0.3) is 0 Å². The van der Waals surface area contributed by atoms with Crippen molar-refractivity contribution in [3.8, 4) is 17.6 Å². The number of hydrogen-bond donors (Lipinski definition) is 0. The number of carbonyl (C=O) groups is 1. The highest BCUT2D eigenvalue weighted by Gasteiger charge is 2.13. The minimum absolute atomic E-state index is 0.0401. The van der Waals surface area contributed by atoms with E-state index in [4.69, 9.17) is 13.9 Å². The Labute approximate surface area is 121 Å². The van der Waals surface area contributed by atoms with Gasteiger partial charge in [-0.05, 0) is 37.3 Å². The summed E-state index contributed by atoms with van der Waals surface area (Å²) in [5, 5.41) is 0. The van der Waals surface area contributed by atoms with E-state index in [0.717, 1.165) is 0 Å². The quantitative estimate of drug-likeness (QED) is 0.681. The van der Waals surface area contributed by atoms with E-state index in [9.17, 15) is 4.79 Å². The van der Waals surface area contributed by atoms with Crippen molar-refractivity contribution in [2.45, 2.75) is 6.92 Å². The fourth-order valence-corrected chi connectivity index (χ4v) is 1.96. The molecule has 0 spiro atoms. The lowest BCUT2D eigenvalue weighted by atomic mass is 10.1. The monoisotopic (exact) mass is 283 g/mol. The number of oxazole rings is 1. The van der Waals surface area contributed by atoms with Crippen LogP contribution in [-0.4, -0.2) is 17.9 Å². The first-order valence-corrected chi connectivity index (χ1v) is 6.40. The Bertz CT molecular complexity index is 774. The summed E-state index contributed by atoms with van der Waals surface area (Å²) < 4.78 is 16.3. The van der Waals surface area contributed by atoms with Crippen molar-refractivity contribution in [1.29, 1.82) is 0 Å². The first-order chi connectivity index (χ1) is 10.2. The minimum atomic E-state index is -0.0401. The molecule has 3 aromatic rings. The molecule has 0 saturated carbocycles. The van der Waals surface area contributed by atoms with Crippen LogP contribution in [0.25, 0.3) is 11.1 Å². The van der Waals surface area contributed by atoms with Crippen LogP contribution in [0.15, 0.2) is 46.9 Å². The van der Waals surface area contributed by atoms with Gasteiger partial charge < -0.3 is 13.9 Å². The van der Waals surface area contributed by atoms with Gasteiger partial charge in [-0.2, -0.15) is 4.98 Å². The zero-order valence-corrected chi connectivity index (χ0v) is 11.6. The summed E-state index contributed by atoms with van der Waals surface area (Å²) in [6, 6.07) is 12.3. The standard InChI is InChI=1S/C16H13NO4/c1-10(18)11-7-8-14(15(9-11)19-2)21-16-17-12-5-3-4-6-13(12)20-16/h3-9H,1-2H3. The number of benzene rings is 2. The summed E-state index contributed by atoms with van der Waals surface area (Å²) in [5.74, 6) is 0.848. The molecule has 1 heterocycles. The van der Waals surface area contributed by atoms with E-state index in [0.29, 0.717) is 28.2 Å². The highest BCUT2D eigenvalue weighted by atomic mass is 16.6. The number of aromatic nitrogens is 1. The molecule has 0 aliphatic heterocycles. The summed E-state index contributed by atoms with van der Waals surface area (Å²) in [5.41, 5.74) is 1.91. The second-order valence-corrected chi connectivity index (χ2v) is 4.47. The van der Waals surface area contributed by atoms with E-state index >= 15 is 0 Å². The number of para-hydroxylation sites is 2. The third-order valence-electron chi connectivity index (χ3n) is 3.04. The fourth-order valence-electron chi connectivity index (χ4n) is 1.96. The number of ketones is 1. The van der Waals surface area contributed by atoms with Crippen LogP contribution in [0.4, 0.5) is 0 Å². The van der Waals surface area contributed by atoms with Gasteiger partial charge in [0.05, 0.1) is 7.11 Å². The lowest BCUT2D eigenvalue weighted by Gasteiger charge is -2.08. The zero-order valence-electron chi connectivity index (χ0n) is 11.6. The third kappa shape index (κ3) is 2.58. The summed E-state index contributed by atoms with van der Waals surface area (Å²) in [4.78, 5) is 15.6. The van der Waals surface area contributed by atoms with Gasteiger partial charge in [0, 0.05) is 5.56 Å². The van der Waals surface area contributed by atoms with Crippen molar-refractivity contribution < 1.29 is 18.7 Å². The third-order valence-corrected chi connectivity index (χ3v) is 3.04. The van der Waals surface area contributed by atoms with Crippen molar-refractivity contribution >= 4 is 16.9 Å². The number of fused-ring (bicyclic) bond motifs is 1. The molecule has 1 aromatic heterocycles. The van der Waals surface area contributed by atoms with Gasteiger partial charge in [0.2, 0.25) is 0 Å². The largest absolute Gasteiger partial charge is 0.493 e. The Hall–Kier alpha value is -2.82. The molecule has 3 rings (SSSR count). The predicted octanol–water partition coefficient (Wildman–Crippen LogP) is 3.83. The Kier molecular flexibility index (Phi) is 3.31. The van der Waals surface area contributed by atoms with E-state index in [2.05, 4.69) is 4.98 Å². The van der Waals surface area contributed by atoms with Gasteiger partial charge in [-0.15, -0.1) is 0 Å². The van der Waals surface area contributed by atoms with Gasteiger partial charge in [0.15, 0.2) is 22.9 Å². The number of rotatable bonds is 4. The molecule has 0 aliphatic rings. The molecule has 5 nitrogen and oxygen atoms in total. The SMILES string of the molecule is COc1cc(C(C)=O)ccc1Oc1nc2ccccc2o1. The Morgan fingerprint density at radius 1 is 1.14 bits per heavy atom. The van der Waals surface area contributed by atoms with E-state index < -0.39 is 0 Å². The predicted molar refractivity (Wildman–Crippen MR) is 77.1 cm³/mol. The minimum Gasteiger partial charge on any atom is -0.493 e. The van der Waals surface area contributed by atoms with Crippen molar-refractivity contribution in [2.24, 2.45) is 0 Å². The molecule has 0 fully saturated rings. The maximum atomic E-state index is 11.4. The lowest BCUT2D eigenvalue weighted by Crippen LogP contribution is -1.96. The molecular weight excluding hydrogens is 270 g/mol. The molecule has 5 heteroatoms. The van der Waals surface area contributed by atoms with E-state index in [1.165, 1.54) is 14.0 Å². The highest BCUT2D eigenvalue weighted by Crippen LogP contribution is 2.33. The van der Waals surface area contributed by atoms with Gasteiger partial charge in [-0.1, -0.05) is 12.1 Å². The summed E-state index contributed by atoms with van der Waals surface area (Å²) in [6.07, 6.45) is 0.130. The summed E-state index contributed by atoms with van der Waals surface area (Å²) >= 11 is 0. The summed E-state index contributed by atoms with van der Waals surface area (Å²) in [7, 11) is 1.51. The van der Waals surface area contributed by atoms with Crippen LogP contribution in [0, 0.1) is 0 Å². The van der Waals surface area contributed by atoms with Gasteiger partial charge >= 0.3 is 6.08 Å². The second-order valence-electron chi connectivity index (χ2n) is 4.47. The van der Waals surface area contributed by atoms with Crippen molar-refractivity contribution in [3.63, 3.8) is 0 Å². The number of carbonyl (C=O) groups excluding carboxylic acids is 1. The molecule has 2 aromatic carbocycles. The number of Topliss-reactive ketones (excluding diaryl/α,β-unsaturated/α-hetero) is 1. The number of nitrogens with zero attached hydrogens (tertiary/aromatic N) is 1. The first kappa shape index (κ1) is 13.2.